The Morgan fingerprint density at radius 1 is 1.27 bits per heavy atom. The van der Waals surface area contributed by atoms with Gasteiger partial charge in [0.2, 0.25) is 0 Å². The first-order valence-electron chi connectivity index (χ1n) is 4.95. The lowest BCUT2D eigenvalue weighted by Gasteiger charge is -2.22. The van der Waals surface area contributed by atoms with Gasteiger partial charge in [-0.3, -0.25) is 0 Å². The number of likely N-dealkylation sites (N-methyl/N-ethyl adjacent to an activating group) is 1. The van der Waals surface area contributed by atoms with Crippen LogP contribution in [0.4, 0.5) is 5.69 Å². The molecule has 1 aromatic carbocycles. The fourth-order valence-corrected chi connectivity index (χ4v) is 1.30. The van der Waals surface area contributed by atoms with Gasteiger partial charge in [-0.2, -0.15) is 0 Å². The minimum Gasteiger partial charge on any atom is -0.504 e. The summed E-state index contributed by atoms with van der Waals surface area (Å²) >= 11 is 0. The van der Waals surface area contributed by atoms with E-state index in [9.17, 15) is 10.2 Å². The van der Waals surface area contributed by atoms with Crippen molar-refractivity contribution in [3.05, 3.63) is 18.2 Å². The zero-order chi connectivity index (χ0) is 11.4. The molecule has 0 amide bonds. The third-order valence-corrected chi connectivity index (χ3v) is 2.36. The Morgan fingerprint density at radius 3 is 2.47 bits per heavy atom. The van der Waals surface area contributed by atoms with Gasteiger partial charge in [0.1, 0.15) is 0 Å². The van der Waals surface area contributed by atoms with Crippen LogP contribution in [0.1, 0.15) is 13.3 Å². The molecule has 0 saturated carbocycles. The summed E-state index contributed by atoms with van der Waals surface area (Å²) in [6, 6.07) is 4.59. The summed E-state index contributed by atoms with van der Waals surface area (Å²) in [6.45, 7) is 2.41. The minimum atomic E-state index is -0.383. The predicted octanol–water partition coefficient (Wildman–Crippen LogP) is 1.30. The van der Waals surface area contributed by atoms with Crippen LogP contribution < -0.4 is 4.90 Å². The largest absolute Gasteiger partial charge is 0.504 e. The van der Waals surface area contributed by atoms with Gasteiger partial charge in [0, 0.05) is 25.3 Å². The highest BCUT2D eigenvalue weighted by molar-refractivity contribution is 5.54. The third-order valence-electron chi connectivity index (χ3n) is 2.36. The Hall–Kier alpha value is -1.42. The van der Waals surface area contributed by atoms with Crippen LogP contribution in [-0.2, 0) is 0 Å². The highest BCUT2D eigenvalue weighted by atomic mass is 16.3. The molecule has 4 heteroatoms. The van der Waals surface area contributed by atoms with E-state index < -0.39 is 0 Å². The van der Waals surface area contributed by atoms with Crippen molar-refractivity contribution < 1.29 is 15.3 Å². The van der Waals surface area contributed by atoms with Crippen molar-refractivity contribution in [3.8, 4) is 11.5 Å². The molecule has 0 aliphatic rings. The van der Waals surface area contributed by atoms with Gasteiger partial charge in [0.05, 0.1) is 6.10 Å². The molecule has 0 spiro atoms. The van der Waals surface area contributed by atoms with E-state index in [1.54, 1.807) is 6.07 Å². The SMILES string of the molecule is CCC(O)CN(C)c1ccc(O)c(O)c1. The second-order valence-electron chi connectivity index (χ2n) is 3.62. The Morgan fingerprint density at radius 2 is 1.93 bits per heavy atom. The number of hydrogen-bond donors (Lipinski definition) is 3. The average molecular weight is 211 g/mol. The molecule has 1 rings (SSSR count). The van der Waals surface area contributed by atoms with Crippen molar-refractivity contribution in [1.29, 1.82) is 0 Å². The number of anilines is 1. The number of nitrogens with zero attached hydrogens (tertiary/aromatic N) is 1. The number of hydrogen-bond acceptors (Lipinski definition) is 4. The van der Waals surface area contributed by atoms with Crippen molar-refractivity contribution in [1.82, 2.24) is 0 Å². The van der Waals surface area contributed by atoms with Crippen molar-refractivity contribution in [2.45, 2.75) is 19.4 Å². The number of phenols is 2. The summed E-state index contributed by atoms with van der Waals surface area (Å²) in [4.78, 5) is 1.83. The molecule has 0 aromatic heterocycles. The number of aromatic hydroxyl groups is 2. The van der Waals surface area contributed by atoms with Crippen molar-refractivity contribution >= 4 is 5.69 Å². The monoisotopic (exact) mass is 211 g/mol. The lowest BCUT2D eigenvalue weighted by atomic mass is 10.2. The Kier molecular flexibility index (Phi) is 3.80. The molecule has 1 atom stereocenters. The first kappa shape index (κ1) is 11.7. The van der Waals surface area contributed by atoms with Gasteiger partial charge in [-0.1, -0.05) is 6.92 Å². The normalized spacial score (nSPS) is 12.5. The molecule has 1 aromatic rings. The van der Waals surface area contributed by atoms with E-state index in [1.807, 2.05) is 18.9 Å². The van der Waals surface area contributed by atoms with Gasteiger partial charge in [-0.05, 0) is 18.6 Å². The minimum absolute atomic E-state index is 0.136. The summed E-state index contributed by atoms with van der Waals surface area (Å²) in [5, 5.41) is 27.9. The number of aliphatic hydroxyl groups is 1. The van der Waals surface area contributed by atoms with Crippen molar-refractivity contribution in [2.24, 2.45) is 0 Å². The van der Waals surface area contributed by atoms with Crippen LogP contribution >= 0.6 is 0 Å². The molecule has 15 heavy (non-hydrogen) atoms. The quantitative estimate of drug-likeness (QED) is 0.657. The van der Waals surface area contributed by atoms with Gasteiger partial charge in [0.25, 0.3) is 0 Å². The number of benzene rings is 1. The highest BCUT2D eigenvalue weighted by Gasteiger charge is 2.08. The average Bonchev–Trinajstić information content (AvgIpc) is 2.21. The molecule has 3 N–H and O–H groups in total. The van der Waals surface area contributed by atoms with E-state index in [0.717, 1.165) is 5.69 Å². The van der Waals surface area contributed by atoms with Gasteiger partial charge in [-0.15, -0.1) is 0 Å². The Bertz CT molecular complexity index is 328. The molecule has 0 radical (unpaired) electrons. The Balaban J connectivity index is 2.73. The maximum absolute atomic E-state index is 9.46. The first-order valence-corrected chi connectivity index (χ1v) is 4.95. The van der Waals surface area contributed by atoms with Gasteiger partial charge >= 0.3 is 0 Å². The summed E-state index contributed by atoms with van der Waals surface area (Å²) in [6.07, 6.45) is 0.306. The fraction of sp³-hybridized carbons (Fsp3) is 0.455. The summed E-state index contributed by atoms with van der Waals surface area (Å²) in [7, 11) is 1.82. The number of phenolic OH excluding ortho intramolecular Hbond substituents is 2. The second kappa shape index (κ2) is 4.89. The molecule has 0 saturated heterocycles. The van der Waals surface area contributed by atoms with Crippen LogP contribution in [0.2, 0.25) is 0 Å². The van der Waals surface area contributed by atoms with Gasteiger partial charge < -0.3 is 20.2 Å². The van der Waals surface area contributed by atoms with Crippen LogP contribution in [0.25, 0.3) is 0 Å². The molecule has 0 aliphatic carbocycles. The van der Waals surface area contributed by atoms with E-state index >= 15 is 0 Å². The molecule has 0 fully saturated rings. The standard InChI is InChI=1S/C11H17NO3/c1-3-9(13)7-12(2)8-4-5-10(14)11(15)6-8/h4-6,9,13-15H,3,7H2,1-2H3. The summed E-state index contributed by atoms with van der Waals surface area (Å²) < 4.78 is 0. The molecule has 0 heterocycles. The van der Waals surface area contributed by atoms with Crippen LogP contribution in [-0.4, -0.2) is 35.0 Å². The smallest absolute Gasteiger partial charge is 0.159 e. The highest BCUT2D eigenvalue weighted by Crippen LogP contribution is 2.28. The topological polar surface area (TPSA) is 63.9 Å². The lowest BCUT2D eigenvalue weighted by molar-refractivity contribution is 0.177. The zero-order valence-electron chi connectivity index (χ0n) is 9.01. The van der Waals surface area contributed by atoms with Crippen LogP contribution in [0, 0.1) is 0 Å². The van der Waals surface area contributed by atoms with Crippen molar-refractivity contribution in [2.75, 3.05) is 18.5 Å². The predicted molar refractivity (Wildman–Crippen MR) is 59.3 cm³/mol. The number of rotatable bonds is 4. The Labute approximate surface area is 89.4 Å². The summed E-state index contributed by atoms with van der Waals surface area (Å²) in [5.41, 5.74) is 0.762. The van der Waals surface area contributed by atoms with E-state index in [0.29, 0.717) is 13.0 Å². The van der Waals surface area contributed by atoms with Crippen LogP contribution in [0.5, 0.6) is 11.5 Å². The zero-order valence-corrected chi connectivity index (χ0v) is 9.01. The second-order valence-corrected chi connectivity index (χ2v) is 3.62. The molecule has 4 nitrogen and oxygen atoms in total. The first-order chi connectivity index (χ1) is 7.04. The fourth-order valence-electron chi connectivity index (χ4n) is 1.30. The van der Waals surface area contributed by atoms with E-state index in [2.05, 4.69) is 0 Å². The van der Waals surface area contributed by atoms with E-state index in [4.69, 9.17) is 5.11 Å². The lowest BCUT2D eigenvalue weighted by Crippen LogP contribution is -2.28. The third kappa shape index (κ3) is 3.02. The molecule has 0 bridgehead atoms. The van der Waals surface area contributed by atoms with Crippen LogP contribution in [0.3, 0.4) is 0 Å². The molecular weight excluding hydrogens is 194 g/mol. The van der Waals surface area contributed by atoms with Gasteiger partial charge in [-0.25, -0.2) is 0 Å². The molecule has 0 aliphatic heterocycles. The molecular formula is C11H17NO3. The summed E-state index contributed by atoms with van der Waals surface area (Å²) in [5.74, 6) is -0.284. The molecule has 1 unspecified atom stereocenters. The van der Waals surface area contributed by atoms with E-state index in [1.165, 1.54) is 12.1 Å². The maximum atomic E-state index is 9.46. The van der Waals surface area contributed by atoms with Crippen LogP contribution in [0.15, 0.2) is 18.2 Å². The van der Waals surface area contributed by atoms with Crippen molar-refractivity contribution in [3.63, 3.8) is 0 Å². The van der Waals surface area contributed by atoms with Gasteiger partial charge in [0.15, 0.2) is 11.5 Å². The molecule has 84 valence electrons. The van der Waals surface area contributed by atoms with E-state index in [-0.39, 0.29) is 17.6 Å². The number of aliphatic hydroxyl groups excluding tert-OH is 1. The maximum Gasteiger partial charge on any atom is 0.159 e.